The maximum absolute atomic E-state index is 14.3. The number of thioether (sulfide) groups is 1. The fraction of sp³-hybridized carbons (Fsp3) is 0.0385. The normalized spacial score (nSPS) is 14.6. The van der Waals surface area contributed by atoms with E-state index < -0.39 is 29.4 Å². The third kappa shape index (κ3) is 5.27. The number of carbonyl (C=O) groups is 3. The van der Waals surface area contributed by atoms with E-state index in [2.05, 4.69) is 25.9 Å². The molecule has 0 aliphatic carbocycles. The molecule has 2 amide bonds. The predicted octanol–water partition coefficient (Wildman–Crippen LogP) is 6.90. The van der Waals surface area contributed by atoms with Gasteiger partial charge in [-0.15, -0.1) is 0 Å². The van der Waals surface area contributed by atoms with E-state index in [4.69, 9.17) is 16.3 Å². The van der Waals surface area contributed by atoms with Gasteiger partial charge in [0, 0.05) is 15.6 Å². The average molecular weight is 599 g/mol. The second-order valence-corrected chi connectivity index (χ2v) is 10.0. The molecule has 1 aromatic heterocycles. The van der Waals surface area contributed by atoms with Crippen molar-refractivity contribution in [3.05, 3.63) is 98.5 Å². The van der Waals surface area contributed by atoms with E-state index in [1.165, 1.54) is 6.08 Å². The molecule has 1 fully saturated rings. The Labute approximate surface area is 227 Å². The number of nitrogens with zero attached hydrogens (tertiary/aromatic N) is 3. The first-order valence-corrected chi connectivity index (χ1v) is 12.7. The Kier molecular flexibility index (Phi) is 7.05. The number of benzene rings is 3. The van der Waals surface area contributed by atoms with Gasteiger partial charge in [-0.3, -0.25) is 19.3 Å². The molecule has 3 aromatic carbocycles. The first-order valence-electron chi connectivity index (χ1n) is 10.7. The number of amides is 2. The first-order chi connectivity index (χ1) is 17.8. The Balaban J connectivity index is 1.50. The second-order valence-electron chi connectivity index (χ2n) is 7.79. The molecule has 0 spiro atoms. The zero-order valence-corrected chi connectivity index (χ0v) is 21.8. The number of aromatic nitrogens is 2. The molecule has 184 valence electrons. The lowest BCUT2D eigenvalue weighted by molar-refractivity contribution is -0.122. The molecule has 0 saturated carbocycles. The standard InChI is InChI=1S/C26H14BrClFN3O4S/c27-16-8-5-15(6-9-16)20(33)13-32-24(34)22(37-26(32)35)11-18-17-4-2-1-3-14(17)7-10-21(18)36-23-19(29)12-30-25(28)31-23/h1-12H,13H2/b22-11+. The lowest BCUT2D eigenvalue weighted by Crippen LogP contribution is -2.33. The third-order valence-corrected chi connectivity index (χ3v) is 7.05. The Morgan fingerprint density at radius 1 is 1.11 bits per heavy atom. The van der Waals surface area contributed by atoms with Gasteiger partial charge in [0.2, 0.25) is 11.1 Å². The molecular weight excluding hydrogens is 585 g/mol. The molecule has 1 saturated heterocycles. The summed E-state index contributed by atoms with van der Waals surface area (Å²) in [5.41, 5.74) is 0.804. The summed E-state index contributed by atoms with van der Waals surface area (Å²) < 4.78 is 20.8. The highest BCUT2D eigenvalue weighted by Gasteiger charge is 2.36. The summed E-state index contributed by atoms with van der Waals surface area (Å²) in [6, 6.07) is 17.3. The third-order valence-electron chi connectivity index (χ3n) is 5.44. The minimum Gasteiger partial charge on any atom is -0.436 e. The van der Waals surface area contributed by atoms with E-state index in [9.17, 15) is 18.8 Å². The molecular formula is C26H14BrClFN3O4S. The Morgan fingerprint density at radius 3 is 2.65 bits per heavy atom. The van der Waals surface area contributed by atoms with Crippen molar-refractivity contribution in [2.75, 3.05) is 6.54 Å². The number of halogens is 3. The maximum Gasteiger partial charge on any atom is 0.293 e. The van der Waals surface area contributed by atoms with Crippen LogP contribution in [0.25, 0.3) is 16.8 Å². The van der Waals surface area contributed by atoms with Gasteiger partial charge in [-0.25, -0.2) is 4.98 Å². The topological polar surface area (TPSA) is 89.5 Å². The minimum absolute atomic E-state index is 0.0935. The fourth-order valence-corrected chi connectivity index (χ4v) is 4.87. The number of hydrogen-bond donors (Lipinski definition) is 0. The fourth-order valence-electron chi connectivity index (χ4n) is 3.66. The monoisotopic (exact) mass is 597 g/mol. The van der Waals surface area contributed by atoms with Crippen molar-refractivity contribution in [2.45, 2.75) is 0 Å². The van der Waals surface area contributed by atoms with Crippen LogP contribution in [0.15, 0.2) is 76.2 Å². The predicted molar refractivity (Wildman–Crippen MR) is 142 cm³/mol. The smallest absolute Gasteiger partial charge is 0.293 e. The molecule has 0 unspecified atom stereocenters. The molecule has 2 heterocycles. The van der Waals surface area contributed by atoms with Gasteiger partial charge in [0.05, 0.1) is 17.6 Å². The lowest BCUT2D eigenvalue weighted by Gasteiger charge is -2.13. The van der Waals surface area contributed by atoms with Gasteiger partial charge in [-0.2, -0.15) is 9.37 Å². The van der Waals surface area contributed by atoms with Gasteiger partial charge in [0.25, 0.3) is 17.0 Å². The van der Waals surface area contributed by atoms with Crippen molar-refractivity contribution in [3.8, 4) is 11.6 Å². The highest BCUT2D eigenvalue weighted by atomic mass is 79.9. The van der Waals surface area contributed by atoms with Gasteiger partial charge >= 0.3 is 0 Å². The lowest BCUT2D eigenvalue weighted by atomic mass is 10.0. The van der Waals surface area contributed by atoms with Gasteiger partial charge in [0.1, 0.15) is 5.75 Å². The summed E-state index contributed by atoms with van der Waals surface area (Å²) in [6.07, 6.45) is 2.38. The SMILES string of the molecule is O=C(CN1C(=O)S/C(=C/c2c(Oc3nc(Cl)ncc3F)ccc3ccccc23)C1=O)c1ccc(Br)cc1. The molecule has 0 atom stereocenters. The van der Waals surface area contributed by atoms with Gasteiger partial charge in [0.15, 0.2) is 5.78 Å². The molecule has 0 N–H and O–H groups in total. The van der Waals surface area contributed by atoms with E-state index in [0.29, 0.717) is 28.3 Å². The molecule has 0 bridgehead atoms. The zero-order chi connectivity index (χ0) is 26.1. The van der Waals surface area contributed by atoms with Crippen LogP contribution < -0.4 is 4.74 Å². The number of imide groups is 1. The number of ether oxygens (including phenoxy) is 1. The van der Waals surface area contributed by atoms with Crippen molar-refractivity contribution in [1.29, 1.82) is 0 Å². The molecule has 4 aromatic rings. The van der Waals surface area contributed by atoms with Crippen molar-refractivity contribution < 1.29 is 23.5 Å². The zero-order valence-electron chi connectivity index (χ0n) is 18.7. The summed E-state index contributed by atoms with van der Waals surface area (Å²) >= 11 is 9.81. The summed E-state index contributed by atoms with van der Waals surface area (Å²) in [4.78, 5) is 46.9. The van der Waals surface area contributed by atoms with Crippen LogP contribution >= 0.6 is 39.3 Å². The van der Waals surface area contributed by atoms with Crippen molar-refractivity contribution in [2.24, 2.45) is 0 Å². The van der Waals surface area contributed by atoms with E-state index >= 15 is 0 Å². The molecule has 7 nitrogen and oxygen atoms in total. The van der Waals surface area contributed by atoms with Crippen LogP contribution in [0.5, 0.6) is 11.6 Å². The Hall–Kier alpha value is -3.60. The number of fused-ring (bicyclic) bond motifs is 1. The van der Waals surface area contributed by atoms with Crippen molar-refractivity contribution >= 4 is 73.1 Å². The summed E-state index contributed by atoms with van der Waals surface area (Å²) in [6.45, 7) is -0.396. The van der Waals surface area contributed by atoms with Crippen molar-refractivity contribution in [3.63, 3.8) is 0 Å². The van der Waals surface area contributed by atoms with E-state index in [1.807, 2.05) is 12.1 Å². The summed E-state index contributed by atoms with van der Waals surface area (Å²) in [7, 11) is 0. The number of hydrogen-bond acceptors (Lipinski definition) is 7. The highest BCUT2D eigenvalue weighted by molar-refractivity contribution is 9.10. The molecule has 11 heteroatoms. The maximum atomic E-state index is 14.3. The molecule has 37 heavy (non-hydrogen) atoms. The minimum atomic E-state index is -0.824. The summed E-state index contributed by atoms with van der Waals surface area (Å²) in [5, 5.41) is 0.749. The molecule has 5 rings (SSSR count). The molecule has 1 aliphatic rings. The first kappa shape index (κ1) is 25.1. The van der Waals surface area contributed by atoms with Gasteiger partial charge in [-0.05, 0) is 58.4 Å². The Bertz CT molecular complexity index is 1610. The van der Waals surface area contributed by atoms with E-state index in [1.54, 1.807) is 48.5 Å². The van der Waals surface area contributed by atoms with E-state index in [-0.39, 0.29) is 21.7 Å². The molecule has 1 aliphatic heterocycles. The van der Waals surface area contributed by atoms with Crippen LogP contribution in [0.4, 0.5) is 9.18 Å². The molecule has 0 radical (unpaired) electrons. The van der Waals surface area contributed by atoms with Gasteiger partial charge < -0.3 is 4.74 Å². The number of carbonyl (C=O) groups excluding carboxylic acids is 3. The largest absolute Gasteiger partial charge is 0.436 e. The number of rotatable bonds is 6. The van der Waals surface area contributed by atoms with Crippen LogP contribution in [0, 0.1) is 5.82 Å². The quantitative estimate of drug-likeness (QED) is 0.136. The number of ketones is 1. The van der Waals surface area contributed by atoms with Crippen LogP contribution in [0.3, 0.4) is 0 Å². The Morgan fingerprint density at radius 2 is 1.86 bits per heavy atom. The van der Waals surface area contributed by atoms with E-state index in [0.717, 1.165) is 21.0 Å². The second kappa shape index (κ2) is 10.4. The van der Waals surface area contributed by atoms with Crippen LogP contribution in [-0.4, -0.2) is 38.3 Å². The van der Waals surface area contributed by atoms with Gasteiger partial charge in [-0.1, -0.05) is 58.4 Å². The van der Waals surface area contributed by atoms with Crippen LogP contribution in [-0.2, 0) is 4.79 Å². The van der Waals surface area contributed by atoms with Crippen LogP contribution in [0.2, 0.25) is 5.28 Å². The van der Waals surface area contributed by atoms with Crippen molar-refractivity contribution in [1.82, 2.24) is 14.9 Å². The highest BCUT2D eigenvalue weighted by Crippen LogP contribution is 2.38. The number of Topliss-reactive ketones (excluding diaryl/α,β-unsaturated/α-hetero) is 1. The average Bonchev–Trinajstić information content (AvgIpc) is 3.15. The van der Waals surface area contributed by atoms with Crippen LogP contribution in [0.1, 0.15) is 15.9 Å². The summed E-state index contributed by atoms with van der Waals surface area (Å²) in [5.74, 6) is -2.02.